The minimum Gasteiger partial charge on any atom is -0.463 e. The number of hydrogen-bond acceptors (Lipinski definition) is 4. The average Bonchev–Trinajstić information content (AvgIpc) is 2.71. The molecule has 94 valence electrons. The van der Waals surface area contributed by atoms with Gasteiger partial charge in [-0.05, 0) is 19.3 Å². The zero-order valence-electron chi connectivity index (χ0n) is 10.5. The van der Waals surface area contributed by atoms with Gasteiger partial charge in [-0.15, -0.1) is 0 Å². The molecule has 1 aliphatic heterocycles. The Hall–Kier alpha value is -0.610. The third kappa shape index (κ3) is 3.46. The lowest BCUT2D eigenvalue weighted by atomic mass is 10.1. The zero-order chi connectivity index (χ0) is 12.0. The van der Waals surface area contributed by atoms with Crippen LogP contribution in [0, 0.1) is 0 Å². The minimum absolute atomic E-state index is 0.110. The number of carbonyl (C=O) groups excluding carboxylic acids is 1. The summed E-state index contributed by atoms with van der Waals surface area (Å²) in [4.78, 5) is 11.2. The molecule has 0 aromatic rings. The fraction of sp³-hybridized carbons (Fsp3) is 0.917. The van der Waals surface area contributed by atoms with Crippen LogP contribution >= 0.6 is 0 Å². The van der Waals surface area contributed by atoms with Gasteiger partial charge < -0.3 is 14.2 Å². The first-order chi connectivity index (χ1) is 7.65. The van der Waals surface area contributed by atoms with Crippen molar-refractivity contribution >= 4 is 5.97 Å². The first-order valence-corrected chi connectivity index (χ1v) is 6.13. The highest BCUT2D eigenvalue weighted by Crippen LogP contribution is 2.30. The van der Waals surface area contributed by atoms with E-state index in [1.165, 1.54) is 0 Å². The Kier molecular flexibility index (Phi) is 5.22. The SMILES string of the molecule is CCCC(=O)OCC1COC(CC)(CC)O1. The lowest BCUT2D eigenvalue weighted by Gasteiger charge is -2.24. The molecule has 0 amide bonds. The second kappa shape index (κ2) is 6.21. The van der Waals surface area contributed by atoms with Crippen LogP contribution in [0.25, 0.3) is 0 Å². The minimum atomic E-state index is -0.457. The van der Waals surface area contributed by atoms with E-state index in [9.17, 15) is 4.79 Å². The smallest absolute Gasteiger partial charge is 0.305 e. The van der Waals surface area contributed by atoms with Crippen LogP contribution in [0.15, 0.2) is 0 Å². The molecule has 0 aliphatic carbocycles. The summed E-state index contributed by atoms with van der Waals surface area (Å²) in [7, 11) is 0. The van der Waals surface area contributed by atoms with Crippen molar-refractivity contribution in [3.8, 4) is 0 Å². The van der Waals surface area contributed by atoms with E-state index in [0.29, 0.717) is 19.6 Å². The molecule has 0 saturated carbocycles. The Morgan fingerprint density at radius 3 is 2.56 bits per heavy atom. The normalized spacial score (nSPS) is 23.3. The monoisotopic (exact) mass is 230 g/mol. The Morgan fingerprint density at radius 1 is 1.38 bits per heavy atom. The topological polar surface area (TPSA) is 44.8 Å². The predicted molar refractivity (Wildman–Crippen MR) is 60.0 cm³/mol. The number of carbonyl (C=O) groups is 1. The van der Waals surface area contributed by atoms with Crippen molar-refractivity contribution in [3.63, 3.8) is 0 Å². The van der Waals surface area contributed by atoms with Gasteiger partial charge in [-0.2, -0.15) is 0 Å². The van der Waals surface area contributed by atoms with Crippen molar-refractivity contribution in [2.45, 2.75) is 58.3 Å². The van der Waals surface area contributed by atoms with Crippen LogP contribution in [-0.2, 0) is 19.0 Å². The molecule has 0 aromatic carbocycles. The number of ether oxygens (including phenoxy) is 3. The van der Waals surface area contributed by atoms with Gasteiger partial charge in [-0.1, -0.05) is 20.8 Å². The molecule has 0 bridgehead atoms. The maximum absolute atomic E-state index is 11.2. The van der Waals surface area contributed by atoms with Crippen molar-refractivity contribution in [1.29, 1.82) is 0 Å². The Morgan fingerprint density at radius 2 is 2.06 bits per heavy atom. The molecule has 0 radical (unpaired) electrons. The van der Waals surface area contributed by atoms with E-state index < -0.39 is 5.79 Å². The Labute approximate surface area is 97.2 Å². The molecule has 4 nitrogen and oxygen atoms in total. The lowest BCUT2D eigenvalue weighted by Crippen LogP contribution is -2.30. The summed E-state index contributed by atoms with van der Waals surface area (Å²) in [5, 5.41) is 0. The second-order valence-electron chi connectivity index (χ2n) is 4.10. The van der Waals surface area contributed by atoms with Gasteiger partial charge in [0.2, 0.25) is 0 Å². The van der Waals surface area contributed by atoms with Crippen molar-refractivity contribution in [2.75, 3.05) is 13.2 Å². The van der Waals surface area contributed by atoms with Gasteiger partial charge in [0.15, 0.2) is 5.79 Å². The van der Waals surface area contributed by atoms with Gasteiger partial charge in [0, 0.05) is 6.42 Å². The summed E-state index contributed by atoms with van der Waals surface area (Å²) in [6.45, 7) is 6.85. The second-order valence-corrected chi connectivity index (χ2v) is 4.10. The molecule has 0 N–H and O–H groups in total. The van der Waals surface area contributed by atoms with Gasteiger partial charge in [0.25, 0.3) is 0 Å². The molecule has 4 heteroatoms. The molecule has 1 atom stereocenters. The zero-order valence-corrected chi connectivity index (χ0v) is 10.5. The molecular formula is C12H22O4. The number of hydrogen-bond donors (Lipinski definition) is 0. The highest BCUT2D eigenvalue weighted by molar-refractivity contribution is 5.69. The van der Waals surface area contributed by atoms with Crippen LogP contribution in [0.5, 0.6) is 0 Å². The van der Waals surface area contributed by atoms with Gasteiger partial charge in [-0.3, -0.25) is 4.79 Å². The van der Waals surface area contributed by atoms with Gasteiger partial charge in [-0.25, -0.2) is 0 Å². The summed E-state index contributed by atoms with van der Waals surface area (Å²) in [6.07, 6.45) is 2.82. The Balaban J connectivity index is 2.28. The van der Waals surface area contributed by atoms with E-state index in [2.05, 4.69) is 0 Å². The van der Waals surface area contributed by atoms with Crippen LogP contribution in [0.3, 0.4) is 0 Å². The average molecular weight is 230 g/mol. The molecule has 1 rings (SSSR count). The fourth-order valence-electron chi connectivity index (χ4n) is 1.78. The van der Waals surface area contributed by atoms with Crippen molar-refractivity contribution in [1.82, 2.24) is 0 Å². The fourth-order valence-corrected chi connectivity index (χ4v) is 1.78. The van der Waals surface area contributed by atoms with Crippen molar-refractivity contribution in [2.24, 2.45) is 0 Å². The standard InChI is InChI=1S/C12H22O4/c1-4-7-11(13)14-8-10-9-15-12(5-2,6-3)16-10/h10H,4-9H2,1-3H3. The van der Waals surface area contributed by atoms with Crippen molar-refractivity contribution in [3.05, 3.63) is 0 Å². The predicted octanol–water partition coefficient (Wildman–Crippen LogP) is 2.26. The lowest BCUT2D eigenvalue weighted by molar-refractivity contribution is -0.179. The molecule has 1 aliphatic rings. The molecule has 1 fully saturated rings. The van der Waals surface area contributed by atoms with Crippen LogP contribution in [0.4, 0.5) is 0 Å². The molecule has 0 spiro atoms. The first kappa shape index (κ1) is 13.5. The van der Waals surface area contributed by atoms with Crippen LogP contribution in [0.1, 0.15) is 46.5 Å². The third-order valence-corrected chi connectivity index (χ3v) is 2.88. The van der Waals surface area contributed by atoms with E-state index in [1.54, 1.807) is 0 Å². The number of esters is 1. The summed E-state index contributed by atoms with van der Waals surface area (Å²) < 4.78 is 16.5. The molecule has 0 aromatic heterocycles. The maximum Gasteiger partial charge on any atom is 0.305 e. The van der Waals surface area contributed by atoms with Crippen LogP contribution in [0.2, 0.25) is 0 Å². The van der Waals surface area contributed by atoms with E-state index in [-0.39, 0.29) is 12.1 Å². The largest absolute Gasteiger partial charge is 0.463 e. The van der Waals surface area contributed by atoms with E-state index in [0.717, 1.165) is 19.3 Å². The maximum atomic E-state index is 11.2. The van der Waals surface area contributed by atoms with Crippen LogP contribution in [-0.4, -0.2) is 31.1 Å². The summed E-state index contributed by atoms with van der Waals surface area (Å²) in [6, 6.07) is 0. The van der Waals surface area contributed by atoms with E-state index in [1.807, 2.05) is 20.8 Å². The molecule has 1 heterocycles. The summed E-state index contributed by atoms with van der Waals surface area (Å²) in [5.41, 5.74) is 0. The number of rotatable bonds is 6. The van der Waals surface area contributed by atoms with Gasteiger partial charge >= 0.3 is 5.97 Å². The quantitative estimate of drug-likeness (QED) is 0.656. The van der Waals surface area contributed by atoms with Gasteiger partial charge in [0.1, 0.15) is 12.7 Å². The Bertz CT molecular complexity index is 223. The van der Waals surface area contributed by atoms with E-state index in [4.69, 9.17) is 14.2 Å². The molecule has 1 saturated heterocycles. The molecule has 16 heavy (non-hydrogen) atoms. The van der Waals surface area contributed by atoms with Crippen LogP contribution < -0.4 is 0 Å². The highest BCUT2D eigenvalue weighted by Gasteiger charge is 2.38. The summed E-state index contributed by atoms with van der Waals surface area (Å²) in [5.74, 6) is -0.612. The molecular weight excluding hydrogens is 208 g/mol. The van der Waals surface area contributed by atoms with Gasteiger partial charge in [0.05, 0.1) is 6.61 Å². The highest BCUT2D eigenvalue weighted by atomic mass is 16.8. The van der Waals surface area contributed by atoms with Crippen molar-refractivity contribution < 1.29 is 19.0 Å². The third-order valence-electron chi connectivity index (χ3n) is 2.88. The summed E-state index contributed by atoms with van der Waals surface area (Å²) >= 11 is 0. The first-order valence-electron chi connectivity index (χ1n) is 6.13. The van der Waals surface area contributed by atoms with E-state index >= 15 is 0 Å². The molecule has 1 unspecified atom stereocenters.